The number of hydrogen-bond donors (Lipinski definition) is 2. The average Bonchev–Trinajstić information content (AvgIpc) is 3.34. The molecule has 8 heteroatoms. The van der Waals surface area contributed by atoms with E-state index >= 15 is 0 Å². The van der Waals surface area contributed by atoms with Gasteiger partial charge in [0, 0.05) is 17.8 Å². The molecule has 0 saturated carbocycles. The molecule has 0 radical (unpaired) electrons. The second kappa shape index (κ2) is 11.6. The van der Waals surface area contributed by atoms with Crippen molar-refractivity contribution in [2.24, 2.45) is 0 Å². The van der Waals surface area contributed by atoms with Gasteiger partial charge in [-0.2, -0.15) is 0 Å². The van der Waals surface area contributed by atoms with E-state index in [1.165, 1.54) is 7.11 Å². The fourth-order valence-electron chi connectivity index (χ4n) is 4.21. The molecule has 0 aliphatic carbocycles. The first-order chi connectivity index (χ1) is 16.8. The summed E-state index contributed by atoms with van der Waals surface area (Å²) in [5, 5.41) is 0. The number of methoxy groups -OCH3 is 1. The Morgan fingerprint density at radius 2 is 1.40 bits per heavy atom. The molecule has 186 valence electrons. The summed E-state index contributed by atoms with van der Waals surface area (Å²) in [5.74, 6) is -1.33. The molecular weight excluding hydrogens is 448 g/mol. The molecule has 0 amide bonds. The van der Waals surface area contributed by atoms with Crippen LogP contribution in [0.1, 0.15) is 74.0 Å². The topological polar surface area (TPSA) is 110 Å². The van der Waals surface area contributed by atoms with E-state index in [2.05, 4.69) is 9.97 Å². The average molecular weight is 481 g/mol. The van der Waals surface area contributed by atoms with Gasteiger partial charge in [-0.05, 0) is 55.0 Å². The molecule has 3 rings (SSSR count). The number of aromatic amines is 2. The van der Waals surface area contributed by atoms with E-state index < -0.39 is 17.9 Å². The van der Waals surface area contributed by atoms with Gasteiger partial charge < -0.3 is 24.2 Å². The summed E-state index contributed by atoms with van der Waals surface area (Å²) in [4.78, 5) is 43.9. The molecule has 0 aliphatic heterocycles. The molecule has 0 saturated heterocycles. The van der Waals surface area contributed by atoms with Crippen LogP contribution in [0, 0.1) is 13.8 Å². The lowest BCUT2D eigenvalue weighted by Crippen LogP contribution is -2.09. The molecule has 1 aromatic carbocycles. The van der Waals surface area contributed by atoms with E-state index in [4.69, 9.17) is 14.2 Å². The Kier molecular flexibility index (Phi) is 8.52. The zero-order chi connectivity index (χ0) is 25.5. The molecule has 2 aromatic heterocycles. The lowest BCUT2D eigenvalue weighted by Gasteiger charge is -2.06. The summed E-state index contributed by atoms with van der Waals surface area (Å²) in [7, 11) is 1.33. The molecule has 0 unspecified atom stereocenters. The molecule has 35 heavy (non-hydrogen) atoms. The molecule has 0 fully saturated rings. The van der Waals surface area contributed by atoms with Crippen LogP contribution >= 0.6 is 0 Å². The fourth-order valence-corrected chi connectivity index (χ4v) is 4.21. The van der Waals surface area contributed by atoms with Gasteiger partial charge in [0.05, 0.1) is 20.1 Å². The Morgan fingerprint density at radius 1 is 0.829 bits per heavy atom. The number of rotatable bonds is 10. The van der Waals surface area contributed by atoms with E-state index in [9.17, 15) is 14.4 Å². The van der Waals surface area contributed by atoms with E-state index in [-0.39, 0.29) is 19.6 Å². The molecule has 0 aliphatic rings. The van der Waals surface area contributed by atoms with E-state index in [1.807, 2.05) is 44.2 Å². The number of H-pyrrole nitrogens is 2. The van der Waals surface area contributed by atoms with Gasteiger partial charge in [0.1, 0.15) is 18.0 Å². The highest BCUT2D eigenvalue weighted by Gasteiger charge is 2.25. The number of carbonyl (C=O) groups is 3. The van der Waals surface area contributed by atoms with Crippen molar-refractivity contribution >= 4 is 17.9 Å². The summed E-state index contributed by atoms with van der Waals surface area (Å²) in [6.45, 7) is 7.85. The van der Waals surface area contributed by atoms with Gasteiger partial charge >= 0.3 is 17.9 Å². The van der Waals surface area contributed by atoms with E-state index in [0.717, 1.165) is 22.4 Å². The van der Waals surface area contributed by atoms with Crippen LogP contribution in [0.25, 0.3) is 0 Å². The van der Waals surface area contributed by atoms with Crippen molar-refractivity contribution in [1.29, 1.82) is 0 Å². The number of carbonyl (C=O) groups excluding carboxylic acids is 3. The zero-order valence-corrected chi connectivity index (χ0v) is 20.9. The van der Waals surface area contributed by atoms with Crippen molar-refractivity contribution < 1.29 is 28.6 Å². The van der Waals surface area contributed by atoms with E-state index in [0.29, 0.717) is 41.1 Å². The van der Waals surface area contributed by atoms with Crippen LogP contribution in [-0.2, 0) is 44.9 Å². The van der Waals surface area contributed by atoms with Crippen LogP contribution in [0.15, 0.2) is 30.3 Å². The first-order valence-corrected chi connectivity index (χ1v) is 11.7. The van der Waals surface area contributed by atoms with Crippen LogP contribution in [0.4, 0.5) is 0 Å². The summed E-state index contributed by atoms with van der Waals surface area (Å²) >= 11 is 0. The molecule has 0 atom stereocenters. The highest BCUT2D eigenvalue weighted by molar-refractivity contribution is 5.91. The third-order valence-corrected chi connectivity index (χ3v) is 6.09. The molecule has 0 bridgehead atoms. The van der Waals surface area contributed by atoms with Crippen molar-refractivity contribution in [3.63, 3.8) is 0 Å². The second-order valence-electron chi connectivity index (χ2n) is 8.23. The maximum Gasteiger partial charge on any atom is 0.355 e. The van der Waals surface area contributed by atoms with Crippen LogP contribution in [0.3, 0.4) is 0 Å². The van der Waals surface area contributed by atoms with Crippen LogP contribution in [0.5, 0.6) is 0 Å². The Hall–Kier alpha value is -3.81. The second-order valence-corrected chi connectivity index (χ2v) is 8.23. The molecule has 3 aromatic rings. The standard InChI is InChI=1S/C27H32N2O6/c1-6-19-16(3)24(26(31)34-7-2)28-21(19)14-22-20(13-23(30)33-5)17(4)25(29-22)27(32)35-15-18-11-9-8-10-12-18/h8-12,28-29H,6-7,13-15H2,1-5H3. The number of benzene rings is 1. The maximum absolute atomic E-state index is 12.9. The van der Waals surface area contributed by atoms with Crippen molar-refractivity contribution in [2.75, 3.05) is 13.7 Å². The van der Waals surface area contributed by atoms with Gasteiger partial charge in [-0.1, -0.05) is 37.3 Å². The summed E-state index contributed by atoms with van der Waals surface area (Å²) in [6.07, 6.45) is 1.07. The number of aromatic nitrogens is 2. The molecule has 2 heterocycles. The van der Waals surface area contributed by atoms with Gasteiger partial charge in [-0.15, -0.1) is 0 Å². The Labute approximate surface area is 205 Å². The summed E-state index contributed by atoms with van der Waals surface area (Å²) in [5.41, 5.74) is 6.24. The maximum atomic E-state index is 12.9. The number of esters is 3. The third kappa shape index (κ3) is 5.82. The SMILES string of the molecule is CCOC(=O)c1[nH]c(Cc2[nH]c(C(=O)OCc3ccccc3)c(C)c2CC(=O)OC)c(CC)c1C. The monoisotopic (exact) mass is 480 g/mol. The minimum Gasteiger partial charge on any atom is -0.469 e. The van der Waals surface area contributed by atoms with E-state index in [1.54, 1.807) is 13.8 Å². The smallest absolute Gasteiger partial charge is 0.355 e. The van der Waals surface area contributed by atoms with Crippen molar-refractivity contribution in [1.82, 2.24) is 9.97 Å². The minimum absolute atomic E-state index is 0.00597. The Morgan fingerprint density at radius 3 is 1.97 bits per heavy atom. The number of hydrogen-bond acceptors (Lipinski definition) is 6. The first kappa shape index (κ1) is 25.8. The largest absolute Gasteiger partial charge is 0.469 e. The predicted octanol–water partition coefficient (Wildman–Crippen LogP) is 4.36. The van der Waals surface area contributed by atoms with Crippen molar-refractivity contribution in [2.45, 2.75) is 53.6 Å². The van der Waals surface area contributed by atoms with Gasteiger partial charge in [0.2, 0.25) is 0 Å². The van der Waals surface area contributed by atoms with Crippen LogP contribution in [0.2, 0.25) is 0 Å². The minimum atomic E-state index is -0.505. The summed E-state index contributed by atoms with van der Waals surface area (Å²) in [6, 6.07) is 9.41. The lowest BCUT2D eigenvalue weighted by atomic mass is 10.0. The normalized spacial score (nSPS) is 10.8. The highest BCUT2D eigenvalue weighted by atomic mass is 16.5. The summed E-state index contributed by atoms with van der Waals surface area (Å²) < 4.78 is 15.6. The van der Waals surface area contributed by atoms with Gasteiger partial charge in [-0.25, -0.2) is 9.59 Å². The van der Waals surface area contributed by atoms with Crippen LogP contribution in [-0.4, -0.2) is 41.6 Å². The van der Waals surface area contributed by atoms with Crippen LogP contribution < -0.4 is 0 Å². The first-order valence-electron chi connectivity index (χ1n) is 11.7. The molecule has 0 spiro atoms. The van der Waals surface area contributed by atoms with Gasteiger partial charge in [0.15, 0.2) is 0 Å². The quantitative estimate of drug-likeness (QED) is 0.329. The lowest BCUT2D eigenvalue weighted by molar-refractivity contribution is -0.139. The van der Waals surface area contributed by atoms with Gasteiger partial charge in [0.25, 0.3) is 0 Å². The third-order valence-electron chi connectivity index (χ3n) is 6.09. The number of ether oxygens (including phenoxy) is 3. The Bertz CT molecular complexity index is 1210. The predicted molar refractivity (Wildman–Crippen MR) is 130 cm³/mol. The van der Waals surface area contributed by atoms with Crippen molar-refractivity contribution in [3.8, 4) is 0 Å². The molecule has 2 N–H and O–H groups in total. The van der Waals surface area contributed by atoms with Gasteiger partial charge in [-0.3, -0.25) is 4.79 Å². The van der Waals surface area contributed by atoms with Crippen molar-refractivity contribution in [3.05, 3.63) is 80.9 Å². The Balaban J connectivity index is 1.95. The number of nitrogens with one attached hydrogen (secondary N) is 2. The zero-order valence-electron chi connectivity index (χ0n) is 20.9. The highest BCUT2D eigenvalue weighted by Crippen LogP contribution is 2.27. The molecule has 8 nitrogen and oxygen atoms in total. The fraction of sp³-hybridized carbons (Fsp3) is 0.370. The molecular formula is C27H32N2O6.